The summed E-state index contributed by atoms with van der Waals surface area (Å²) < 4.78 is 40.9. The second-order valence-electron chi connectivity index (χ2n) is 8.74. The molecule has 0 fully saturated rings. The molecule has 0 radical (unpaired) electrons. The smallest absolute Gasteiger partial charge is 0.417 e. The quantitative estimate of drug-likeness (QED) is 0.315. The van der Waals surface area contributed by atoms with Crippen LogP contribution in [0.1, 0.15) is 46.1 Å². The lowest BCUT2D eigenvalue weighted by atomic mass is 10.0. The molecule has 0 aliphatic heterocycles. The van der Waals surface area contributed by atoms with E-state index in [4.69, 9.17) is 0 Å². The molecule has 2 N–H and O–H groups in total. The highest BCUT2D eigenvalue weighted by atomic mass is 19.4. The van der Waals surface area contributed by atoms with Crippen LogP contribution in [0.5, 0.6) is 0 Å². The fourth-order valence-electron chi connectivity index (χ4n) is 4.21. The molecule has 3 rings (SSSR count). The molecule has 1 amide bonds. The summed E-state index contributed by atoms with van der Waals surface area (Å²) in [6.07, 6.45) is -2.72. The maximum atomic E-state index is 13.6. The van der Waals surface area contributed by atoms with Crippen molar-refractivity contribution in [2.75, 3.05) is 36.4 Å². The van der Waals surface area contributed by atoms with Crippen LogP contribution in [-0.2, 0) is 6.18 Å². The van der Waals surface area contributed by atoms with Gasteiger partial charge in [-0.15, -0.1) is 0 Å². The summed E-state index contributed by atoms with van der Waals surface area (Å²) in [5, 5.41) is 13.0. The van der Waals surface area contributed by atoms with Gasteiger partial charge in [0.25, 0.3) is 0 Å². The van der Waals surface area contributed by atoms with Crippen molar-refractivity contribution >= 4 is 28.8 Å². The number of nitrogens with zero attached hydrogens (tertiary/aromatic N) is 5. The van der Waals surface area contributed by atoms with Gasteiger partial charge in [-0.25, -0.2) is 19.7 Å². The van der Waals surface area contributed by atoms with Crippen molar-refractivity contribution in [2.45, 2.75) is 52.8 Å². The molecule has 0 spiro atoms. The van der Waals surface area contributed by atoms with E-state index in [0.29, 0.717) is 5.69 Å². The summed E-state index contributed by atoms with van der Waals surface area (Å²) >= 11 is 0. The minimum Gasteiger partial charge on any atom is -0.465 e. The number of hydrogen-bond donors (Lipinski definition) is 2. The lowest BCUT2D eigenvalue weighted by Crippen LogP contribution is -2.30. The van der Waals surface area contributed by atoms with E-state index in [0.717, 1.165) is 43.4 Å². The maximum absolute atomic E-state index is 13.6. The van der Waals surface area contributed by atoms with Gasteiger partial charge in [0.1, 0.15) is 11.3 Å². The molecule has 1 unspecified atom stereocenters. The zero-order valence-electron chi connectivity index (χ0n) is 21.5. The number of nitrogens with one attached hydrogen (secondary N) is 1. The van der Waals surface area contributed by atoms with E-state index in [1.165, 1.54) is 24.4 Å². The molecule has 8 nitrogen and oxygen atoms in total. The average molecular weight is 519 g/mol. The molecule has 0 saturated carbocycles. The summed E-state index contributed by atoms with van der Waals surface area (Å²) in [6, 6.07) is 6.75. The van der Waals surface area contributed by atoms with Crippen molar-refractivity contribution in [1.82, 2.24) is 19.9 Å². The van der Waals surface area contributed by atoms with Crippen LogP contribution in [0.15, 0.2) is 36.5 Å². The SMILES string of the molecule is CCN(CC)CCCC(C)Nc1cc(N(CC)C(=O)O)nc2ncc(-c3ccccc3C(F)(F)F)nc12. The van der Waals surface area contributed by atoms with E-state index in [2.05, 4.69) is 39.0 Å². The van der Waals surface area contributed by atoms with Crippen LogP contribution < -0.4 is 10.2 Å². The first kappa shape index (κ1) is 28.1. The Morgan fingerprint density at radius 1 is 1.11 bits per heavy atom. The third-order valence-electron chi connectivity index (χ3n) is 6.24. The number of fused-ring (bicyclic) bond motifs is 1. The van der Waals surface area contributed by atoms with Crippen LogP contribution >= 0.6 is 0 Å². The van der Waals surface area contributed by atoms with Crippen LogP contribution in [-0.4, -0.2) is 63.3 Å². The molecule has 0 aliphatic carbocycles. The number of benzene rings is 1. The predicted molar refractivity (Wildman–Crippen MR) is 139 cm³/mol. The zero-order valence-corrected chi connectivity index (χ0v) is 21.5. The number of rotatable bonds is 11. The normalized spacial score (nSPS) is 12.6. The summed E-state index contributed by atoms with van der Waals surface area (Å²) in [7, 11) is 0. The Kier molecular flexibility index (Phi) is 9.25. The number of amides is 1. The summed E-state index contributed by atoms with van der Waals surface area (Å²) in [4.78, 5) is 28.3. The number of carboxylic acid groups (broad SMARTS) is 1. The molecule has 200 valence electrons. The number of carbonyl (C=O) groups is 1. The first-order chi connectivity index (χ1) is 17.6. The van der Waals surface area contributed by atoms with Crippen molar-refractivity contribution < 1.29 is 23.1 Å². The number of halogens is 3. The van der Waals surface area contributed by atoms with Crippen LogP contribution in [0.3, 0.4) is 0 Å². The molecule has 2 aromatic heterocycles. The number of hydrogen-bond acceptors (Lipinski definition) is 6. The first-order valence-electron chi connectivity index (χ1n) is 12.4. The van der Waals surface area contributed by atoms with Crippen LogP contribution in [0.25, 0.3) is 22.4 Å². The Hall–Kier alpha value is -3.47. The van der Waals surface area contributed by atoms with Gasteiger partial charge in [-0.05, 0) is 52.4 Å². The topological polar surface area (TPSA) is 94.5 Å². The molecular weight excluding hydrogens is 485 g/mol. The molecule has 1 atom stereocenters. The molecule has 2 heterocycles. The summed E-state index contributed by atoms with van der Waals surface area (Å²) in [5.41, 5.74) is 0.0354. The Morgan fingerprint density at radius 2 is 1.81 bits per heavy atom. The fourth-order valence-corrected chi connectivity index (χ4v) is 4.21. The maximum Gasteiger partial charge on any atom is 0.417 e. The number of anilines is 2. The summed E-state index contributed by atoms with van der Waals surface area (Å²) in [5.74, 6) is 0.165. The van der Waals surface area contributed by atoms with E-state index in [1.54, 1.807) is 13.0 Å². The molecule has 11 heteroatoms. The predicted octanol–water partition coefficient (Wildman–Crippen LogP) is 6.14. The van der Waals surface area contributed by atoms with Crippen molar-refractivity contribution in [3.63, 3.8) is 0 Å². The largest absolute Gasteiger partial charge is 0.465 e. The molecule has 1 aromatic carbocycles. The van der Waals surface area contributed by atoms with Crippen molar-refractivity contribution in [2.24, 2.45) is 0 Å². The van der Waals surface area contributed by atoms with Gasteiger partial charge in [0.2, 0.25) is 0 Å². The molecule has 37 heavy (non-hydrogen) atoms. The van der Waals surface area contributed by atoms with Crippen molar-refractivity contribution in [3.05, 3.63) is 42.1 Å². The lowest BCUT2D eigenvalue weighted by molar-refractivity contribution is -0.137. The van der Waals surface area contributed by atoms with Crippen LogP contribution in [0.4, 0.5) is 29.5 Å². The highest BCUT2D eigenvalue weighted by molar-refractivity contribution is 5.93. The first-order valence-corrected chi connectivity index (χ1v) is 12.4. The standard InChI is InChI=1S/C26H33F3N6O2/c1-5-34(6-2)14-10-11-17(4)31-20-15-22(35(7-3)25(36)37)33-24-23(20)32-21(16-30-24)18-12-8-9-13-19(18)26(27,28)29/h8-9,12-13,15-17H,5-7,10-11,14H2,1-4H3,(H,36,37)(H,30,31,33). The third-order valence-corrected chi connectivity index (χ3v) is 6.24. The Morgan fingerprint density at radius 3 is 2.43 bits per heavy atom. The van der Waals surface area contributed by atoms with Gasteiger partial charge in [0.05, 0.1) is 23.1 Å². The second kappa shape index (κ2) is 12.2. The van der Waals surface area contributed by atoms with E-state index in [1.807, 2.05) is 6.92 Å². The molecule has 0 bridgehead atoms. The highest BCUT2D eigenvalue weighted by Crippen LogP contribution is 2.37. The van der Waals surface area contributed by atoms with Gasteiger partial charge in [0, 0.05) is 24.2 Å². The minimum absolute atomic E-state index is 0.0122. The van der Waals surface area contributed by atoms with Crippen LogP contribution in [0, 0.1) is 0 Å². The molecule has 0 saturated heterocycles. The fraction of sp³-hybridized carbons (Fsp3) is 0.462. The molecule has 3 aromatic rings. The number of alkyl halides is 3. The lowest BCUT2D eigenvalue weighted by Gasteiger charge is -2.22. The van der Waals surface area contributed by atoms with Gasteiger partial charge < -0.3 is 15.3 Å². The van der Waals surface area contributed by atoms with Crippen molar-refractivity contribution in [1.29, 1.82) is 0 Å². The van der Waals surface area contributed by atoms with Gasteiger partial charge in [-0.1, -0.05) is 32.0 Å². The van der Waals surface area contributed by atoms with E-state index in [-0.39, 0.29) is 40.8 Å². The Labute approximate surface area is 214 Å². The third kappa shape index (κ3) is 6.85. The minimum atomic E-state index is -4.56. The average Bonchev–Trinajstić information content (AvgIpc) is 2.86. The Balaban J connectivity index is 2.04. The highest BCUT2D eigenvalue weighted by Gasteiger charge is 2.34. The van der Waals surface area contributed by atoms with Gasteiger partial charge in [-0.3, -0.25) is 4.90 Å². The van der Waals surface area contributed by atoms with Crippen LogP contribution in [0.2, 0.25) is 0 Å². The second-order valence-corrected chi connectivity index (χ2v) is 8.74. The van der Waals surface area contributed by atoms with Gasteiger partial charge in [-0.2, -0.15) is 13.2 Å². The molecule has 0 aliphatic rings. The summed E-state index contributed by atoms with van der Waals surface area (Å²) in [6.45, 7) is 11.0. The monoisotopic (exact) mass is 518 g/mol. The van der Waals surface area contributed by atoms with Gasteiger partial charge >= 0.3 is 12.3 Å². The number of aromatic nitrogens is 3. The zero-order chi connectivity index (χ0) is 27.2. The van der Waals surface area contributed by atoms with E-state index < -0.39 is 17.8 Å². The Bertz CT molecular complexity index is 1220. The van der Waals surface area contributed by atoms with Crippen molar-refractivity contribution in [3.8, 4) is 11.3 Å². The van der Waals surface area contributed by atoms with E-state index >= 15 is 0 Å². The number of pyridine rings is 1. The van der Waals surface area contributed by atoms with Gasteiger partial charge in [0.15, 0.2) is 5.65 Å². The molecular formula is C26H33F3N6O2. The van der Waals surface area contributed by atoms with E-state index in [9.17, 15) is 23.1 Å².